The van der Waals surface area contributed by atoms with Crippen LogP contribution in [0.25, 0.3) is 0 Å². The van der Waals surface area contributed by atoms with E-state index in [1.165, 1.54) is 6.20 Å². The Labute approximate surface area is 94.6 Å². The van der Waals surface area contributed by atoms with Gasteiger partial charge in [-0.2, -0.15) is 4.39 Å². The van der Waals surface area contributed by atoms with E-state index in [2.05, 4.69) is 4.98 Å². The number of hydrogen-bond acceptors (Lipinski definition) is 3. The Hall–Kier alpha value is -1.32. The Balaban J connectivity index is 2.24. The van der Waals surface area contributed by atoms with Crippen molar-refractivity contribution < 1.29 is 13.9 Å². The van der Waals surface area contributed by atoms with Crippen molar-refractivity contribution in [1.82, 2.24) is 4.98 Å². The average Bonchev–Trinajstić information content (AvgIpc) is 2.93. The van der Waals surface area contributed by atoms with Crippen LogP contribution in [0.2, 0.25) is 0 Å². The number of rotatable bonds is 3. The fourth-order valence-electron chi connectivity index (χ4n) is 1.26. The Kier molecular flexibility index (Phi) is 2.74. The quantitative estimate of drug-likeness (QED) is 0.741. The van der Waals surface area contributed by atoms with Crippen molar-refractivity contribution in [3.8, 4) is 11.5 Å². The van der Waals surface area contributed by atoms with Crippen molar-refractivity contribution >= 4 is 0 Å². The maximum atomic E-state index is 13.5. The summed E-state index contributed by atoms with van der Waals surface area (Å²) in [6.45, 7) is 5.58. The molecule has 0 bridgehead atoms. The lowest BCUT2D eigenvalue weighted by Crippen LogP contribution is -2.24. The van der Waals surface area contributed by atoms with Gasteiger partial charge in [0, 0.05) is 12.3 Å². The molecule has 0 aromatic carbocycles. The summed E-state index contributed by atoms with van der Waals surface area (Å²) in [5, 5.41) is 0. The van der Waals surface area contributed by atoms with Crippen molar-refractivity contribution in [3.63, 3.8) is 0 Å². The maximum absolute atomic E-state index is 13.5. The molecule has 0 saturated heterocycles. The van der Waals surface area contributed by atoms with Crippen LogP contribution in [0.5, 0.6) is 11.5 Å². The molecule has 0 atom stereocenters. The summed E-state index contributed by atoms with van der Waals surface area (Å²) in [6, 6.07) is 1.64. The lowest BCUT2D eigenvalue weighted by molar-refractivity contribution is 0.114. The van der Waals surface area contributed by atoms with Crippen LogP contribution in [0.1, 0.15) is 33.6 Å². The van der Waals surface area contributed by atoms with Crippen LogP contribution in [0.3, 0.4) is 0 Å². The summed E-state index contributed by atoms with van der Waals surface area (Å²) in [5.74, 6) is -0.0556. The lowest BCUT2D eigenvalue weighted by atomic mass is 10.2. The second-order valence-electron chi connectivity index (χ2n) is 4.96. The third kappa shape index (κ3) is 2.84. The van der Waals surface area contributed by atoms with Crippen LogP contribution in [0.4, 0.5) is 4.39 Å². The summed E-state index contributed by atoms with van der Waals surface area (Å²) < 4.78 is 24.6. The summed E-state index contributed by atoms with van der Waals surface area (Å²) in [7, 11) is 0. The number of pyridine rings is 1. The molecule has 3 nitrogen and oxygen atoms in total. The normalized spacial score (nSPS) is 16.0. The zero-order valence-electron chi connectivity index (χ0n) is 9.79. The minimum Gasteiger partial charge on any atom is -0.486 e. The molecule has 0 amide bonds. The molecule has 0 radical (unpaired) electrons. The molecule has 0 spiro atoms. The Morgan fingerprint density at radius 2 is 2.06 bits per heavy atom. The minimum atomic E-state index is -0.618. The number of halogens is 1. The summed E-state index contributed by atoms with van der Waals surface area (Å²) >= 11 is 0. The van der Waals surface area contributed by atoms with Gasteiger partial charge in [-0.25, -0.2) is 4.98 Å². The molecule has 1 fully saturated rings. The van der Waals surface area contributed by atoms with Crippen molar-refractivity contribution in [2.75, 3.05) is 0 Å². The van der Waals surface area contributed by atoms with Crippen LogP contribution >= 0.6 is 0 Å². The lowest BCUT2D eigenvalue weighted by Gasteiger charge is -2.22. The van der Waals surface area contributed by atoms with Gasteiger partial charge in [-0.05, 0) is 33.6 Å². The van der Waals surface area contributed by atoms with Gasteiger partial charge in [0.05, 0.1) is 6.10 Å². The zero-order chi connectivity index (χ0) is 11.8. The largest absolute Gasteiger partial charge is 0.486 e. The molecule has 1 saturated carbocycles. The first-order valence-electron chi connectivity index (χ1n) is 5.46. The molecule has 1 aromatic heterocycles. The van der Waals surface area contributed by atoms with Gasteiger partial charge in [0.15, 0.2) is 5.75 Å². The maximum Gasteiger partial charge on any atom is 0.259 e. The molecule has 0 N–H and O–H groups in total. The standard InChI is InChI=1S/C12H16FNO2/c1-12(2,3)16-10-9(15-8-4-5-8)6-7-14-11(10)13/h6-8H,4-5H2,1-3H3. The first-order chi connectivity index (χ1) is 7.46. The summed E-state index contributed by atoms with van der Waals surface area (Å²) in [5.41, 5.74) is -0.467. The van der Waals surface area contributed by atoms with Crippen molar-refractivity contribution in [1.29, 1.82) is 0 Å². The molecule has 1 aromatic rings. The van der Waals surface area contributed by atoms with Crippen LogP contribution in [0, 0.1) is 5.95 Å². The Morgan fingerprint density at radius 1 is 1.38 bits per heavy atom. The minimum absolute atomic E-state index is 0.113. The van der Waals surface area contributed by atoms with Gasteiger partial charge in [0.1, 0.15) is 5.60 Å². The molecular formula is C12H16FNO2. The Bertz CT molecular complexity index is 383. The number of hydrogen-bond donors (Lipinski definition) is 0. The molecule has 1 aliphatic rings. The molecule has 0 aliphatic heterocycles. The molecule has 4 heteroatoms. The summed E-state index contributed by atoms with van der Waals surface area (Å²) in [4.78, 5) is 3.58. The number of nitrogens with zero attached hydrogens (tertiary/aromatic N) is 1. The van der Waals surface area contributed by atoms with Crippen molar-refractivity contribution in [3.05, 3.63) is 18.2 Å². The summed E-state index contributed by atoms with van der Waals surface area (Å²) in [6.07, 6.45) is 3.66. The molecule has 16 heavy (non-hydrogen) atoms. The van der Waals surface area contributed by atoms with Gasteiger partial charge in [0.2, 0.25) is 5.75 Å². The van der Waals surface area contributed by atoms with E-state index in [1.807, 2.05) is 20.8 Å². The molecule has 0 unspecified atom stereocenters. The molecular weight excluding hydrogens is 209 g/mol. The molecule has 2 rings (SSSR count). The van der Waals surface area contributed by atoms with E-state index in [0.717, 1.165) is 12.8 Å². The highest BCUT2D eigenvalue weighted by Crippen LogP contribution is 2.36. The van der Waals surface area contributed by atoms with Crippen LogP contribution in [0.15, 0.2) is 12.3 Å². The van der Waals surface area contributed by atoms with Gasteiger partial charge in [-0.1, -0.05) is 0 Å². The fraction of sp³-hybridized carbons (Fsp3) is 0.583. The first-order valence-corrected chi connectivity index (χ1v) is 5.46. The van der Waals surface area contributed by atoms with Gasteiger partial charge in [-0.15, -0.1) is 0 Å². The molecule has 1 aliphatic carbocycles. The molecule has 1 heterocycles. The van der Waals surface area contributed by atoms with E-state index in [0.29, 0.717) is 5.75 Å². The number of aromatic nitrogens is 1. The third-order valence-corrected chi connectivity index (χ3v) is 2.05. The van der Waals surface area contributed by atoms with Gasteiger partial charge in [0.25, 0.3) is 5.95 Å². The zero-order valence-corrected chi connectivity index (χ0v) is 9.79. The van der Waals surface area contributed by atoms with Crippen LogP contribution < -0.4 is 9.47 Å². The van der Waals surface area contributed by atoms with Gasteiger partial charge >= 0.3 is 0 Å². The van der Waals surface area contributed by atoms with E-state index in [1.54, 1.807) is 6.07 Å². The van der Waals surface area contributed by atoms with E-state index >= 15 is 0 Å². The SMILES string of the molecule is CC(C)(C)Oc1c(OC2CC2)ccnc1F. The van der Waals surface area contributed by atoms with E-state index in [-0.39, 0.29) is 11.9 Å². The molecule has 88 valence electrons. The highest BCUT2D eigenvalue weighted by Gasteiger charge is 2.27. The van der Waals surface area contributed by atoms with Gasteiger partial charge in [-0.3, -0.25) is 0 Å². The van der Waals surface area contributed by atoms with Gasteiger partial charge < -0.3 is 9.47 Å². The first kappa shape index (κ1) is 11.2. The third-order valence-electron chi connectivity index (χ3n) is 2.05. The van der Waals surface area contributed by atoms with Crippen LogP contribution in [-0.4, -0.2) is 16.7 Å². The van der Waals surface area contributed by atoms with E-state index in [9.17, 15) is 4.39 Å². The predicted molar refractivity (Wildman–Crippen MR) is 58.2 cm³/mol. The topological polar surface area (TPSA) is 31.4 Å². The monoisotopic (exact) mass is 225 g/mol. The smallest absolute Gasteiger partial charge is 0.259 e. The highest BCUT2D eigenvalue weighted by atomic mass is 19.1. The van der Waals surface area contributed by atoms with Crippen molar-refractivity contribution in [2.45, 2.75) is 45.3 Å². The van der Waals surface area contributed by atoms with Crippen LogP contribution in [-0.2, 0) is 0 Å². The van der Waals surface area contributed by atoms with E-state index in [4.69, 9.17) is 9.47 Å². The highest BCUT2D eigenvalue weighted by molar-refractivity contribution is 5.38. The second-order valence-corrected chi connectivity index (χ2v) is 4.96. The Morgan fingerprint density at radius 3 is 2.62 bits per heavy atom. The average molecular weight is 225 g/mol. The van der Waals surface area contributed by atoms with Crippen molar-refractivity contribution in [2.24, 2.45) is 0 Å². The predicted octanol–water partition coefficient (Wildman–Crippen LogP) is 2.94. The number of ether oxygens (including phenoxy) is 2. The fourth-order valence-corrected chi connectivity index (χ4v) is 1.26. The second kappa shape index (κ2) is 3.92. The van der Waals surface area contributed by atoms with E-state index < -0.39 is 11.5 Å².